The number of aliphatic imine (C=N–C) groups is 1. The summed E-state index contributed by atoms with van der Waals surface area (Å²) in [4.78, 5) is 4.61. The first kappa shape index (κ1) is 18.3. The van der Waals surface area contributed by atoms with Crippen LogP contribution in [0.3, 0.4) is 0 Å². The van der Waals surface area contributed by atoms with E-state index >= 15 is 0 Å². The lowest BCUT2D eigenvalue weighted by Gasteiger charge is -2.21. The molecule has 0 saturated carbocycles. The Morgan fingerprint density at radius 2 is 1.75 bits per heavy atom. The predicted octanol–water partition coefficient (Wildman–Crippen LogP) is 6.52. The number of rotatable bonds is 8. The van der Waals surface area contributed by atoms with Gasteiger partial charge in [0.25, 0.3) is 0 Å². The second-order valence-electron chi connectivity index (χ2n) is 6.39. The zero-order valence-electron chi connectivity index (χ0n) is 15.3. The lowest BCUT2D eigenvalue weighted by molar-refractivity contribution is 0.214. The molecule has 2 unspecified atom stereocenters. The van der Waals surface area contributed by atoms with Crippen LogP contribution in [0.25, 0.3) is 0 Å². The quantitative estimate of drug-likeness (QED) is 0.507. The first-order valence-electron chi connectivity index (χ1n) is 9.04. The molecule has 2 nitrogen and oxygen atoms in total. The van der Waals surface area contributed by atoms with Crippen LogP contribution in [-0.4, -0.2) is 12.3 Å². The normalized spacial score (nSPS) is 13.8. The molecule has 24 heavy (non-hydrogen) atoms. The van der Waals surface area contributed by atoms with E-state index in [2.05, 4.69) is 50.9 Å². The summed E-state index contributed by atoms with van der Waals surface area (Å²) in [5.41, 5.74) is 3.30. The largest absolute Gasteiger partial charge is 0.490 e. The average Bonchev–Trinajstić information content (AvgIpc) is 2.61. The number of hydrogen-bond acceptors (Lipinski definition) is 2. The fraction of sp³-hybridized carbons (Fsp3) is 0.409. The molecule has 0 N–H and O–H groups in total. The van der Waals surface area contributed by atoms with Gasteiger partial charge >= 0.3 is 0 Å². The topological polar surface area (TPSA) is 21.6 Å². The summed E-state index contributed by atoms with van der Waals surface area (Å²) in [6, 6.07) is 16.4. The Morgan fingerprint density at radius 1 is 1.00 bits per heavy atom. The van der Waals surface area contributed by atoms with Crippen molar-refractivity contribution >= 4 is 11.9 Å². The summed E-state index contributed by atoms with van der Waals surface area (Å²) in [5.74, 6) is 1.48. The summed E-state index contributed by atoms with van der Waals surface area (Å²) in [5, 5.41) is 0. The van der Waals surface area contributed by atoms with Crippen LogP contribution < -0.4 is 4.74 Å². The van der Waals surface area contributed by atoms with E-state index in [1.807, 2.05) is 36.5 Å². The van der Waals surface area contributed by atoms with Crippen LogP contribution in [-0.2, 0) is 0 Å². The Hall–Kier alpha value is -2.09. The van der Waals surface area contributed by atoms with Crippen LogP contribution in [0.15, 0.2) is 53.5 Å². The lowest BCUT2D eigenvalue weighted by atomic mass is 9.94. The molecular weight excluding hydrogens is 294 g/mol. The summed E-state index contributed by atoms with van der Waals surface area (Å²) < 4.78 is 6.29. The third kappa shape index (κ3) is 4.95. The van der Waals surface area contributed by atoms with Gasteiger partial charge in [-0.05, 0) is 49.4 Å². The summed E-state index contributed by atoms with van der Waals surface area (Å²) >= 11 is 0. The van der Waals surface area contributed by atoms with Gasteiger partial charge in [0.2, 0.25) is 0 Å². The Balaban J connectivity index is 2.38. The van der Waals surface area contributed by atoms with E-state index in [1.165, 1.54) is 12.0 Å². The molecule has 0 spiro atoms. The molecule has 0 bridgehead atoms. The van der Waals surface area contributed by atoms with Gasteiger partial charge in [0.15, 0.2) is 0 Å². The highest BCUT2D eigenvalue weighted by Gasteiger charge is 2.16. The van der Waals surface area contributed by atoms with Gasteiger partial charge in [0.05, 0.1) is 11.8 Å². The molecule has 0 saturated heterocycles. The van der Waals surface area contributed by atoms with Crippen molar-refractivity contribution in [3.8, 4) is 5.75 Å². The predicted molar refractivity (Wildman–Crippen MR) is 104 cm³/mol. The van der Waals surface area contributed by atoms with E-state index in [-0.39, 0.29) is 6.10 Å². The van der Waals surface area contributed by atoms with E-state index in [0.717, 1.165) is 29.8 Å². The number of ether oxygens (including phenoxy) is 1. The third-order valence-electron chi connectivity index (χ3n) is 4.33. The molecule has 0 radical (unpaired) electrons. The average molecular weight is 323 g/mol. The zero-order chi connectivity index (χ0) is 17.4. The smallest absolute Gasteiger partial charge is 0.131 e. The minimum Gasteiger partial charge on any atom is -0.490 e. The lowest BCUT2D eigenvalue weighted by Crippen LogP contribution is -2.13. The van der Waals surface area contributed by atoms with E-state index in [9.17, 15) is 0 Å². The van der Waals surface area contributed by atoms with Crippen molar-refractivity contribution in [1.29, 1.82) is 0 Å². The molecule has 2 atom stereocenters. The number of hydrogen-bond donors (Lipinski definition) is 0. The minimum atomic E-state index is 0.198. The van der Waals surface area contributed by atoms with E-state index < -0.39 is 0 Å². The fourth-order valence-electron chi connectivity index (χ4n) is 2.73. The molecule has 2 aromatic rings. The number of benzene rings is 2. The minimum absolute atomic E-state index is 0.198. The maximum Gasteiger partial charge on any atom is 0.131 e. The van der Waals surface area contributed by atoms with E-state index in [1.54, 1.807) is 0 Å². The van der Waals surface area contributed by atoms with Crippen molar-refractivity contribution < 1.29 is 4.74 Å². The van der Waals surface area contributed by atoms with Crippen molar-refractivity contribution in [2.75, 3.05) is 0 Å². The van der Waals surface area contributed by atoms with Crippen LogP contribution in [0.2, 0.25) is 0 Å². The van der Waals surface area contributed by atoms with Crippen molar-refractivity contribution in [3.63, 3.8) is 0 Å². The van der Waals surface area contributed by atoms with Crippen LogP contribution in [0, 0.1) is 0 Å². The highest BCUT2D eigenvalue weighted by atomic mass is 16.5. The molecule has 0 aliphatic heterocycles. The molecule has 0 fully saturated rings. The Labute approximate surface area is 146 Å². The highest BCUT2D eigenvalue weighted by molar-refractivity contribution is 5.86. The second kappa shape index (κ2) is 9.27. The Bertz CT molecular complexity index is 648. The van der Waals surface area contributed by atoms with E-state index in [0.29, 0.717) is 5.92 Å². The van der Waals surface area contributed by atoms with Crippen LogP contribution in [0.4, 0.5) is 5.69 Å². The van der Waals surface area contributed by atoms with Gasteiger partial charge in [-0.2, -0.15) is 0 Å². The Morgan fingerprint density at radius 3 is 2.42 bits per heavy atom. The molecular formula is C22H29NO. The van der Waals surface area contributed by atoms with Gasteiger partial charge in [-0.3, -0.25) is 4.99 Å². The molecule has 0 heterocycles. The van der Waals surface area contributed by atoms with Gasteiger partial charge in [-0.1, -0.05) is 57.5 Å². The molecule has 2 aromatic carbocycles. The van der Waals surface area contributed by atoms with Crippen molar-refractivity contribution in [3.05, 3.63) is 59.7 Å². The van der Waals surface area contributed by atoms with Crippen molar-refractivity contribution in [1.82, 2.24) is 0 Å². The van der Waals surface area contributed by atoms with Gasteiger partial charge in [0.1, 0.15) is 5.75 Å². The molecule has 0 aliphatic rings. The monoisotopic (exact) mass is 323 g/mol. The fourth-order valence-corrected chi connectivity index (χ4v) is 2.73. The number of nitrogens with zero attached hydrogens (tertiary/aromatic N) is 1. The third-order valence-corrected chi connectivity index (χ3v) is 4.33. The van der Waals surface area contributed by atoms with Crippen LogP contribution in [0.5, 0.6) is 5.75 Å². The summed E-state index contributed by atoms with van der Waals surface area (Å²) in [6.45, 7) is 8.78. The highest BCUT2D eigenvalue weighted by Crippen LogP contribution is 2.33. The zero-order valence-corrected chi connectivity index (χ0v) is 15.3. The second-order valence-corrected chi connectivity index (χ2v) is 6.39. The van der Waals surface area contributed by atoms with Gasteiger partial charge in [-0.15, -0.1) is 0 Å². The standard InChI is InChI=1S/C22H29NO/c1-5-11-17(3)21-15-10-12-19(22(21)24-18(4)6-2)16-23-20-13-8-7-9-14-20/h7-10,12-18H,5-6,11H2,1-4H3. The van der Waals surface area contributed by atoms with Crippen LogP contribution >= 0.6 is 0 Å². The SMILES string of the molecule is CCCC(C)c1cccc(C=Nc2ccccc2)c1OC(C)CC. The first-order chi connectivity index (χ1) is 11.7. The van der Waals surface area contributed by atoms with Crippen molar-refractivity contribution in [2.45, 2.75) is 59.0 Å². The molecule has 0 amide bonds. The maximum absolute atomic E-state index is 6.29. The molecule has 2 heteroatoms. The molecule has 0 aromatic heterocycles. The van der Waals surface area contributed by atoms with Gasteiger partial charge in [0, 0.05) is 11.8 Å². The van der Waals surface area contributed by atoms with Crippen molar-refractivity contribution in [2.24, 2.45) is 4.99 Å². The maximum atomic E-state index is 6.29. The molecule has 2 rings (SSSR count). The molecule has 128 valence electrons. The van der Waals surface area contributed by atoms with E-state index in [4.69, 9.17) is 4.74 Å². The number of para-hydroxylation sites is 2. The van der Waals surface area contributed by atoms with Gasteiger partial charge < -0.3 is 4.74 Å². The first-order valence-corrected chi connectivity index (χ1v) is 9.04. The van der Waals surface area contributed by atoms with Gasteiger partial charge in [-0.25, -0.2) is 0 Å². The Kier molecular flexibility index (Phi) is 7.05. The summed E-state index contributed by atoms with van der Waals surface area (Å²) in [6.07, 6.45) is 5.45. The molecule has 0 aliphatic carbocycles. The summed E-state index contributed by atoms with van der Waals surface area (Å²) in [7, 11) is 0. The van der Waals surface area contributed by atoms with Crippen LogP contribution in [0.1, 0.15) is 64.0 Å².